The lowest BCUT2D eigenvalue weighted by Gasteiger charge is -2.24. The number of aromatic nitrogens is 2. The van der Waals surface area contributed by atoms with Crippen LogP contribution in [0.15, 0.2) is 24.5 Å². The van der Waals surface area contributed by atoms with Gasteiger partial charge in [0, 0.05) is 18.0 Å². The third-order valence-electron chi connectivity index (χ3n) is 3.06. The highest BCUT2D eigenvalue weighted by Gasteiger charge is 2.45. The number of ketones is 1. The molecular formula is C12H6ClF2N3O3S. The summed E-state index contributed by atoms with van der Waals surface area (Å²) in [5, 5.41) is -2.81. The first-order valence-electron chi connectivity index (χ1n) is 5.83. The molecule has 0 amide bonds. The fraction of sp³-hybridized carbons (Fsp3) is 0.0833. The molecule has 2 heterocycles. The Hall–Kier alpha value is -2.13. The van der Waals surface area contributed by atoms with Crippen LogP contribution in [0.2, 0.25) is 5.02 Å². The zero-order valence-electron chi connectivity index (χ0n) is 10.5. The molecule has 10 heteroatoms. The van der Waals surface area contributed by atoms with Gasteiger partial charge in [-0.05, 0) is 12.1 Å². The first kappa shape index (κ1) is 14.8. The summed E-state index contributed by atoms with van der Waals surface area (Å²) in [6.45, 7) is 0. The van der Waals surface area contributed by atoms with Crippen molar-refractivity contribution in [2.75, 3.05) is 4.72 Å². The van der Waals surface area contributed by atoms with Gasteiger partial charge >= 0.3 is 0 Å². The first-order valence-corrected chi connectivity index (χ1v) is 7.75. The average molecular weight is 346 g/mol. The maximum absolute atomic E-state index is 14.0. The van der Waals surface area contributed by atoms with Crippen molar-refractivity contribution in [3.63, 3.8) is 0 Å². The molecule has 2 aromatic rings. The summed E-state index contributed by atoms with van der Waals surface area (Å²) >= 11 is 5.66. The molecular weight excluding hydrogens is 340 g/mol. The number of hydrogen-bond donors (Lipinski definition) is 1. The van der Waals surface area contributed by atoms with Gasteiger partial charge in [0.15, 0.2) is 16.8 Å². The molecule has 0 bridgehead atoms. The monoisotopic (exact) mass is 345 g/mol. The van der Waals surface area contributed by atoms with Gasteiger partial charge in [-0.2, -0.15) is 0 Å². The molecule has 0 aliphatic carbocycles. The van der Waals surface area contributed by atoms with Crippen molar-refractivity contribution in [2.24, 2.45) is 0 Å². The van der Waals surface area contributed by atoms with E-state index in [1.807, 2.05) is 4.72 Å². The van der Waals surface area contributed by atoms with Gasteiger partial charge in [-0.25, -0.2) is 27.2 Å². The van der Waals surface area contributed by atoms with E-state index >= 15 is 0 Å². The van der Waals surface area contributed by atoms with Crippen LogP contribution in [0.4, 0.5) is 14.6 Å². The lowest BCUT2D eigenvalue weighted by Crippen LogP contribution is -2.35. The maximum atomic E-state index is 14.0. The maximum Gasteiger partial charge on any atom is 0.248 e. The van der Waals surface area contributed by atoms with Gasteiger partial charge in [-0.3, -0.25) is 9.52 Å². The van der Waals surface area contributed by atoms with Crippen LogP contribution in [-0.2, 0) is 10.0 Å². The number of nitrogens with zero attached hydrogens (tertiary/aromatic N) is 2. The molecule has 1 N–H and O–H groups in total. The molecule has 1 atom stereocenters. The van der Waals surface area contributed by atoms with Crippen molar-refractivity contribution in [1.29, 1.82) is 0 Å². The fourth-order valence-corrected chi connectivity index (χ4v) is 3.92. The standard InChI is InChI=1S/C12H6ClF2N3O3S/c13-8-6(15)2-1-5(14)7(8)11-10(19)9-12(17-4-3-16-9)18-22(11,20)21/h1-4,11H,(H,17,18). The van der Waals surface area contributed by atoms with Gasteiger partial charge in [0.05, 0.1) is 5.02 Å². The Kier molecular flexibility index (Phi) is 3.33. The molecule has 0 saturated heterocycles. The van der Waals surface area contributed by atoms with Gasteiger partial charge in [-0.15, -0.1) is 0 Å². The molecule has 1 aliphatic heterocycles. The quantitative estimate of drug-likeness (QED) is 0.799. The second-order valence-corrected chi connectivity index (χ2v) is 6.55. The lowest BCUT2D eigenvalue weighted by molar-refractivity contribution is 0.0980. The van der Waals surface area contributed by atoms with E-state index < -0.39 is 43.3 Å². The highest BCUT2D eigenvalue weighted by molar-refractivity contribution is 7.93. The summed E-state index contributed by atoms with van der Waals surface area (Å²) in [6.07, 6.45) is 2.36. The van der Waals surface area contributed by atoms with Gasteiger partial charge in [-0.1, -0.05) is 11.6 Å². The van der Waals surface area contributed by atoms with Gasteiger partial charge in [0.2, 0.25) is 15.8 Å². The molecule has 0 fully saturated rings. The normalized spacial score (nSPS) is 19.4. The van der Waals surface area contributed by atoms with Crippen LogP contribution in [0.25, 0.3) is 0 Å². The number of fused-ring (bicyclic) bond motifs is 1. The van der Waals surface area contributed by atoms with Crippen molar-refractivity contribution < 1.29 is 22.0 Å². The number of anilines is 1. The summed E-state index contributed by atoms with van der Waals surface area (Å²) < 4.78 is 54.0. The smallest absolute Gasteiger partial charge is 0.248 e. The molecule has 6 nitrogen and oxygen atoms in total. The van der Waals surface area contributed by atoms with Crippen molar-refractivity contribution >= 4 is 33.2 Å². The minimum absolute atomic E-state index is 0.267. The topological polar surface area (TPSA) is 89.0 Å². The number of carbonyl (C=O) groups is 1. The molecule has 22 heavy (non-hydrogen) atoms. The summed E-state index contributed by atoms with van der Waals surface area (Å²) in [5.74, 6) is -3.45. The highest BCUT2D eigenvalue weighted by Crippen LogP contribution is 2.39. The molecule has 114 valence electrons. The van der Waals surface area contributed by atoms with E-state index in [-0.39, 0.29) is 11.5 Å². The molecule has 1 aromatic carbocycles. The van der Waals surface area contributed by atoms with E-state index in [1.54, 1.807) is 0 Å². The van der Waals surface area contributed by atoms with Crippen LogP contribution in [0.5, 0.6) is 0 Å². The van der Waals surface area contributed by atoms with Crippen LogP contribution in [0.1, 0.15) is 21.3 Å². The minimum atomic E-state index is -4.39. The van der Waals surface area contributed by atoms with Crippen molar-refractivity contribution in [3.8, 4) is 0 Å². The van der Waals surface area contributed by atoms with E-state index in [0.29, 0.717) is 6.07 Å². The van der Waals surface area contributed by atoms with Crippen molar-refractivity contribution in [1.82, 2.24) is 9.97 Å². The van der Waals surface area contributed by atoms with E-state index in [1.165, 1.54) is 12.4 Å². The number of Topliss-reactive ketones (excluding diaryl/α,β-unsaturated/α-hetero) is 1. The van der Waals surface area contributed by atoms with Gasteiger partial charge < -0.3 is 0 Å². The summed E-state index contributed by atoms with van der Waals surface area (Å²) in [6, 6.07) is 1.44. The number of benzene rings is 1. The molecule has 1 unspecified atom stereocenters. The third-order valence-corrected chi connectivity index (χ3v) is 4.99. The Morgan fingerprint density at radius 3 is 2.50 bits per heavy atom. The van der Waals surface area contributed by atoms with E-state index in [0.717, 1.165) is 6.07 Å². The number of rotatable bonds is 1. The number of hydrogen-bond acceptors (Lipinski definition) is 5. The zero-order chi connectivity index (χ0) is 16.1. The van der Waals surface area contributed by atoms with Crippen LogP contribution in [-0.4, -0.2) is 24.2 Å². The zero-order valence-corrected chi connectivity index (χ0v) is 12.1. The largest absolute Gasteiger partial charge is 0.290 e. The number of halogens is 3. The molecule has 1 aliphatic rings. The lowest BCUT2D eigenvalue weighted by atomic mass is 10.0. The number of sulfonamides is 1. The first-order chi connectivity index (χ1) is 10.3. The Bertz CT molecular complexity index is 904. The predicted octanol–water partition coefficient (Wildman–Crippen LogP) is 2.09. The second-order valence-electron chi connectivity index (χ2n) is 4.40. The SMILES string of the molecule is O=C1c2nccnc2NS(=O)(=O)C1c1c(F)ccc(F)c1Cl. The van der Waals surface area contributed by atoms with Crippen molar-refractivity contribution in [3.05, 3.63) is 52.4 Å². The summed E-state index contributed by atoms with van der Waals surface area (Å²) in [5.41, 5.74) is -1.04. The average Bonchev–Trinajstić information content (AvgIpc) is 2.46. The van der Waals surface area contributed by atoms with E-state index in [9.17, 15) is 22.0 Å². The highest BCUT2D eigenvalue weighted by atomic mass is 35.5. The predicted molar refractivity (Wildman–Crippen MR) is 73.0 cm³/mol. The Labute approximate surface area is 128 Å². The molecule has 1 aromatic heterocycles. The molecule has 0 radical (unpaired) electrons. The summed E-state index contributed by atoms with van der Waals surface area (Å²) in [4.78, 5) is 19.8. The number of carbonyl (C=O) groups excluding carboxylic acids is 1. The second kappa shape index (κ2) is 4.96. The Morgan fingerprint density at radius 1 is 1.14 bits per heavy atom. The van der Waals surface area contributed by atoms with Crippen LogP contribution in [0, 0.1) is 11.6 Å². The molecule has 0 spiro atoms. The molecule has 0 saturated carbocycles. The Morgan fingerprint density at radius 2 is 1.77 bits per heavy atom. The van der Waals surface area contributed by atoms with E-state index in [2.05, 4.69) is 9.97 Å². The molecule has 3 rings (SSSR count). The van der Waals surface area contributed by atoms with Gasteiger partial charge in [0.25, 0.3) is 0 Å². The van der Waals surface area contributed by atoms with Crippen molar-refractivity contribution in [2.45, 2.75) is 5.25 Å². The Balaban J connectivity index is 2.28. The van der Waals surface area contributed by atoms with E-state index in [4.69, 9.17) is 11.6 Å². The minimum Gasteiger partial charge on any atom is -0.290 e. The summed E-state index contributed by atoms with van der Waals surface area (Å²) in [7, 11) is -4.39. The fourth-order valence-electron chi connectivity index (χ4n) is 2.12. The third kappa shape index (κ3) is 2.13. The number of nitrogens with one attached hydrogen (secondary N) is 1. The van der Waals surface area contributed by atoms with Crippen LogP contribution >= 0.6 is 11.6 Å². The van der Waals surface area contributed by atoms with Gasteiger partial charge in [0.1, 0.15) is 11.6 Å². The van der Waals surface area contributed by atoms with Crippen LogP contribution < -0.4 is 4.72 Å². The van der Waals surface area contributed by atoms with Crippen LogP contribution in [0.3, 0.4) is 0 Å².